The van der Waals surface area contributed by atoms with Crippen LogP contribution in [0.1, 0.15) is 76.0 Å². The van der Waals surface area contributed by atoms with Crippen LogP contribution in [0.2, 0.25) is 10.0 Å². The third-order valence-electron chi connectivity index (χ3n) is 8.32. The van der Waals surface area contributed by atoms with Gasteiger partial charge in [-0.15, -0.1) is 6.58 Å². The molecule has 1 aliphatic carbocycles. The molecule has 8 heteroatoms. The van der Waals surface area contributed by atoms with E-state index >= 15 is 0 Å². The lowest BCUT2D eigenvalue weighted by molar-refractivity contribution is -0.156. The number of nitrogens with one attached hydrogen (secondary N) is 1. The SMILES string of the molecule is C=CC[C@@]1(CC)C[C@H](c2cccc(Cl)c2)[C@@H](c2ccc(Cl)cc2)N([C@@H](CNS(=O)(=O)C(C)C)C2CC2)C1=O. The number of benzene rings is 2. The van der Waals surface area contributed by atoms with Crippen molar-refractivity contribution < 1.29 is 13.2 Å². The topological polar surface area (TPSA) is 66.5 Å². The molecule has 1 saturated carbocycles. The average Bonchev–Trinajstić information content (AvgIpc) is 3.72. The first-order chi connectivity index (χ1) is 18.0. The molecule has 0 radical (unpaired) electrons. The number of allylic oxidation sites excluding steroid dienone is 1. The number of hydrogen-bond donors (Lipinski definition) is 1. The highest BCUT2D eigenvalue weighted by Gasteiger charge is 2.54. The van der Waals surface area contributed by atoms with E-state index in [2.05, 4.69) is 24.3 Å². The van der Waals surface area contributed by atoms with Gasteiger partial charge in [0.15, 0.2) is 0 Å². The molecule has 2 aliphatic rings. The average molecular weight is 578 g/mol. The van der Waals surface area contributed by atoms with Crippen LogP contribution in [0, 0.1) is 11.3 Å². The number of amides is 1. The van der Waals surface area contributed by atoms with Gasteiger partial charge in [-0.2, -0.15) is 0 Å². The van der Waals surface area contributed by atoms with Crippen LogP contribution in [-0.4, -0.2) is 37.1 Å². The van der Waals surface area contributed by atoms with Crippen LogP contribution in [0.5, 0.6) is 0 Å². The number of carbonyl (C=O) groups excluding carboxylic acids is 1. The van der Waals surface area contributed by atoms with Crippen LogP contribution >= 0.6 is 23.2 Å². The summed E-state index contributed by atoms with van der Waals surface area (Å²) in [7, 11) is -3.50. The largest absolute Gasteiger partial charge is 0.330 e. The highest BCUT2D eigenvalue weighted by molar-refractivity contribution is 7.90. The molecule has 0 spiro atoms. The summed E-state index contributed by atoms with van der Waals surface area (Å²) in [5.41, 5.74) is 1.41. The summed E-state index contributed by atoms with van der Waals surface area (Å²) in [6.07, 6.45) is 5.63. The van der Waals surface area contributed by atoms with E-state index in [-0.39, 0.29) is 36.4 Å². The zero-order chi connectivity index (χ0) is 27.7. The standard InChI is InChI=1S/C30H38Cl2N2O3S/c1-5-16-30(6-2)18-26(23-8-7-9-25(32)17-23)28(22-12-14-24(31)15-13-22)34(29(30)35)27(21-10-11-21)19-33-38(36,37)20(3)4/h5,7-9,12-15,17,20-21,26-28,33H,1,6,10-11,16,18-19H2,2-4H3/t26-,27+,28-,30+/m1/s1. The first-order valence-corrected chi connectivity index (χ1v) is 15.8. The molecule has 1 aliphatic heterocycles. The molecule has 2 aromatic rings. The van der Waals surface area contributed by atoms with Gasteiger partial charge in [0, 0.05) is 28.5 Å². The van der Waals surface area contributed by atoms with Crippen LogP contribution < -0.4 is 4.72 Å². The Hall–Kier alpha value is -1.86. The third-order valence-corrected chi connectivity index (χ3v) is 10.6. The Morgan fingerprint density at radius 2 is 1.79 bits per heavy atom. The molecule has 1 amide bonds. The lowest BCUT2D eigenvalue weighted by atomic mass is 9.65. The van der Waals surface area contributed by atoms with E-state index in [9.17, 15) is 13.2 Å². The fourth-order valence-corrected chi connectivity index (χ4v) is 6.95. The predicted octanol–water partition coefficient (Wildman–Crippen LogP) is 7.13. The van der Waals surface area contributed by atoms with Crippen LogP contribution in [0.25, 0.3) is 0 Å². The van der Waals surface area contributed by atoms with Crippen molar-refractivity contribution in [3.05, 3.63) is 82.4 Å². The maximum atomic E-state index is 14.6. The Kier molecular flexibility index (Phi) is 8.98. The summed E-state index contributed by atoms with van der Waals surface area (Å²) < 4.78 is 28.4. The minimum Gasteiger partial charge on any atom is -0.330 e. The molecule has 0 aromatic heterocycles. The van der Waals surface area contributed by atoms with Crippen molar-refractivity contribution in [1.82, 2.24) is 9.62 Å². The lowest BCUT2D eigenvalue weighted by Crippen LogP contribution is -2.59. The van der Waals surface area contributed by atoms with Crippen LogP contribution in [0.15, 0.2) is 61.2 Å². The van der Waals surface area contributed by atoms with Gasteiger partial charge >= 0.3 is 0 Å². The Morgan fingerprint density at radius 3 is 2.34 bits per heavy atom. The van der Waals surface area contributed by atoms with E-state index in [1.807, 2.05) is 53.4 Å². The van der Waals surface area contributed by atoms with Crippen molar-refractivity contribution in [3.8, 4) is 0 Å². The van der Waals surface area contributed by atoms with Crippen molar-refractivity contribution >= 4 is 39.1 Å². The van der Waals surface area contributed by atoms with E-state index in [1.54, 1.807) is 13.8 Å². The monoisotopic (exact) mass is 576 g/mol. The molecular weight excluding hydrogens is 539 g/mol. The fourth-order valence-electron chi connectivity index (χ4n) is 5.89. The molecule has 0 unspecified atom stereocenters. The summed E-state index contributed by atoms with van der Waals surface area (Å²) in [6.45, 7) is 9.57. The first kappa shape index (κ1) is 29.1. The van der Waals surface area contributed by atoms with Crippen LogP contribution in [0.4, 0.5) is 0 Å². The molecular formula is C30H38Cl2N2O3S. The Balaban J connectivity index is 1.89. The van der Waals surface area contributed by atoms with E-state index in [4.69, 9.17) is 23.2 Å². The molecule has 5 nitrogen and oxygen atoms in total. The minimum atomic E-state index is -3.50. The number of nitrogens with zero attached hydrogens (tertiary/aromatic N) is 1. The van der Waals surface area contributed by atoms with Gasteiger partial charge in [-0.3, -0.25) is 4.79 Å². The number of carbonyl (C=O) groups is 1. The number of rotatable bonds is 11. The van der Waals surface area contributed by atoms with Crippen molar-refractivity contribution in [2.45, 2.75) is 76.1 Å². The molecule has 206 valence electrons. The quantitative estimate of drug-likeness (QED) is 0.289. The zero-order valence-electron chi connectivity index (χ0n) is 22.4. The van der Waals surface area contributed by atoms with E-state index in [1.165, 1.54) is 0 Å². The van der Waals surface area contributed by atoms with E-state index in [0.717, 1.165) is 24.0 Å². The lowest BCUT2D eigenvalue weighted by Gasteiger charge is -2.53. The first-order valence-electron chi connectivity index (χ1n) is 13.5. The molecule has 2 fully saturated rings. The molecule has 4 rings (SSSR count). The summed E-state index contributed by atoms with van der Waals surface area (Å²) in [5, 5.41) is 0.719. The second-order valence-electron chi connectivity index (χ2n) is 11.0. The van der Waals surface area contributed by atoms with Crippen LogP contribution in [-0.2, 0) is 14.8 Å². The van der Waals surface area contributed by atoms with Crippen molar-refractivity contribution in [1.29, 1.82) is 0 Å². The Morgan fingerprint density at radius 1 is 1.11 bits per heavy atom. The van der Waals surface area contributed by atoms with Crippen molar-refractivity contribution in [3.63, 3.8) is 0 Å². The third kappa shape index (κ3) is 5.99. The van der Waals surface area contributed by atoms with Gasteiger partial charge in [0.05, 0.1) is 16.7 Å². The smallest absolute Gasteiger partial charge is 0.229 e. The number of likely N-dealkylation sites (tertiary alicyclic amines) is 1. The molecule has 38 heavy (non-hydrogen) atoms. The van der Waals surface area contributed by atoms with Gasteiger partial charge in [0.2, 0.25) is 15.9 Å². The number of hydrogen-bond acceptors (Lipinski definition) is 3. The summed E-state index contributed by atoms with van der Waals surface area (Å²) in [4.78, 5) is 16.7. The normalized spacial score (nSPS) is 25.0. The zero-order valence-corrected chi connectivity index (χ0v) is 24.7. The fraction of sp³-hybridized carbons (Fsp3) is 0.500. The number of piperidine rings is 1. The number of sulfonamides is 1. The maximum absolute atomic E-state index is 14.6. The molecule has 2 aromatic carbocycles. The second-order valence-corrected chi connectivity index (χ2v) is 14.2. The summed E-state index contributed by atoms with van der Waals surface area (Å²) in [5.74, 6) is 0.259. The highest BCUT2D eigenvalue weighted by atomic mass is 35.5. The molecule has 1 N–H and O–H groups in total. The van der Waals surface area contributed by atoms with E-state index < -0.39 is 20.7 Å². The Bertz CT molecular complexity index is 1260. The van der Waals surface area contributed by atoms with Crippen molar-refractivity contribution in [2.75, 3.05) is 6.54 Å². The highest BCUT2D eigenvalue weighted by Crippen LogP contribution is 2.55. The summed E-state index contributed by atoms with van der Waals surface area (Å²) in [6, 6.07) is 15.0. The van der Waals surface area contributed by atoms with Gasteiger partial charge in [-0.1, -0.05) is 60.5 Å². The minimum absolute atomic E-state index is 0.0459. The molecule has 4 atom stereocenters. The van der Waals surface area contributed by atoms with Gasteiger partial charge < -0.3 is 4.90 Å². The van der Waals surface area contributed by atoms with Gasteiger partial charge in [0.1, 0.15) is 0 Å². The second kappa shape index (κ2) is 11.7. The van der Waals surface area contributed by atoms with E-state index in [0.29, 0.717) is 29.3 Å². The van der Waals surface area contributed by atoms with Crippen molar-refractivity contribution in [2.24, 2.45) is 11.3 Å². The maximum Gasteiger partial charge on any atom is 0.229 e. The molecule has 1 saturated heterocycles. The molecule has 1 heterocycles. The number of halogens is 2. The van der Waals surface area contributed by atoms with Gasteiger partial charge in [-0.05, 0) is 87.3 Å². The Labute approximate surface area is 237 Å². The van der Waals surface area contributed by atoms with Gasteiger partial charge in [-0.25, -0.2) is 13.1 Å². The molecule has 0 bridgehead atoms. The summed E-state index contributed by atoms with van der Waals surface area (Å²) >= 11 is 12.7. The van der Waals surface area contributed by atoms with Crippen LogP contribution in [0.3, 0.4) is 0 Å². The predicted molar refractivity (Wildman–Crippen MR) is 156 cm³/mol. The van der Waals surface area contributed by atoms with Gasteiger partial charge in [0.25, 0.3) is 0 Å².